The van der Waals surface area contributed by atoms with E-state index in [1.165, 1.54) is 32.1 Å². The maximum Gasteiger partial charge on any atom is 0.317 e. The van der Waals surface area contributed by atoms with E-state index < -0.39 is 5.97 Å². The lowest BCUT2D eigenvalue weighted by Gasteiger charge is -2.34. The molecule has 0 spiro atoms. The van der Waals surface area contributed by atoms with Gasteiger partial charge in [-0.25, -0.2) is 0 Å². The first-order valence-electron chi connectivity index (χ1n) is 7.87. The molecule has 0 aromatic heterocycles. The first-order chi connectivity index (χ1) is 9.65. The number of carboxylic acids is 1. The molecule has 1 amide bonds. The second-order valence-corrected chi connectivity index (χ2v) is 6.09. The molecule has 114 valence electrons. The fraction of sp³-hybridized carbons (Fsp3) is 0.867. The van der Waals surface area contributed by atoms with Crippen molar-refractivity contribution < 1.29 is 14.7 Å². The van der Waals surface area contributed by atoms with Gasteiger partial charge in [0.25, 0.3) is 0 Å². The topological polar surface area (TPSA) is 60.9 Å². The van der Waals surface area contributed by atoms with Crippen molar-refractivity contribution in [1.82, 2.24) is 9.80 Å². The molecule has 1 saturated carbocycles. The Morgan fingerprint density at radius 2 is 1.65 bits per heavy atom. The van der Waals surface area contributed by atoms with Crippen LogP contribution >= 0.6 is 0 Å². The van der Waals surface area contributed by atoms with Crippen LogP contribution in [0.5, 0.6) is 0 Å². The van der Waals surface area contributed by atoms with Gasteiger partial charge >= 0.3 is 5.97 Å². The molecular weight excluding hydrogens is 256 g/mol. The second-order valence-electron chi connectivity index (χ2n) is 6.09. The van der Waals surface area contributed by atoms with Gasteiger partial charge in [0.15, 0.2) is 0 Å². The number of piperazine rings is 1. The van der Waals surface area contributed by atoms with Crippen molar-refractivity contribution >= 4 is 11.9 Å². The van der Waals surface area contributed by atoms with Crippen molar-refractivity contribution in [2.75, 3.05) is 32.7 Å². The molecule has 20 heavy (non-hydrogen) atoms. The number of carbonyl (C=O) groups is 2. The predicted octanol–water partition coefficient (Wildman–Crippen LogP) is 1.58. The van der Waals surface area contributed by atoms with Crippen LogP contribution in [0.3, 0.4) is 0 Å². The Morgan fingerprint density at radius 3 is 2.25 bits per heavy atom. The van der Waals surface area contributed by atoms with Gasteiger partial charge in [-0.05, 0) is 12.3 Å². The average Bonchev–Trinajstić information content (AvgIpc) is 2.46. The molecule has 0 atom stereocenters. The molecule has 0 unspecified atom stereocenters. The summed E-state index contributed by atoms with van der Waals surface area (Å²) in [5.41, 5.74) is 0. The van der Waals surface area contributed by atoms with Crippen molar-refractivity contribution in [3.63, 3.8) is 0 Å². The van der Waals surface area contributed by atoms with Gasteiger partial charge in [0.05, 0.1) is 6.54 Å². The zero-order valence-electron chi connectivity index (χ0n) is 12.2. The molecule has 1 aliphatic heterocycles. The minimum atomic E-state index is -0.790. The van der Waals surface area contributed by atoms with E-state index in [4.69, 9.17) is 5.11 Å². The number of carboxylic acid groups (broad SMARTS) is 1. The number of hydrogen-bond acceptors (Lipinski definition) is 3. The lowest BCUT2D eigenvalue weighted by molar-refractivity contribution is -0.139. The fourth-order valence-corrected chi connectivity index (χ4v) is 3.31. The molecule has 0 aromatic rings. The minimum absolute atomic E-state index is 0.0874. The smallest absolute Gasteiger partial charge is 0.317 e. The maximum atomic E-state index is 12.2. The third kappa shape index (κ3) is 4.78. The Hall–Kier alpha value is -1.10. The number of aliphatic carboxylic acids is 1. The van der Waals surface area contributed by atoms with Crippen LogP contribution in [0.15, 0.2) is 0 Å². The van der Waals surface area contributed by atoms with Gasteiger partial charge in [0.2, 0.25) is 5.91 Å². The minimum Gasteiger partial charge on any atom is -0.480 e. The lowest BCUT2D eigenvalue weighted by Crippen LogP contribution is -2.49. The molecule has 2 aliphatic rings. The van der Waals surface area contributed by atoms with E-state index in [1.807, 2.05) is 9.80 Å². The summed E-state index contributed by atoms with van der Waals surface area (Å²) in [5.74, 6) is 0.216. The van der Waals surface area contributed by atoms with Crippen LogP contribution in [0.25, 0.3) is 0 Å². The number of rotatable bonds is 5. The normalized spacial score (nSPS) is 21.9. The lowest BCUT2D eigenvalue weighted by atomic mass is 9.86. The molecule has 2 rings (SSSR count). The van der Waals surface area contributed by atoms with Crippen LogP contribution in [0.4, 0.5) is 0 Å². The molecular formula is C15H26N2O3. The Balaban J connectivity index is 1.65. The molecule has 5 heteroatoms. The summed E-state index contributed by atoms with van der Waals surface area (Å²) in [7, 11) is 0. The number of carbonyl (C=O) groups excluding carboxylic acids is 1. The molecule has 0 radical (unpaired) electrons. The summed E-state index contributed by atoms with van der Waals surface area (Å²) in [4.78, 5) is 26.6. The number of nitrogens with zero attached hydrogens (tertiary/aromatic N) is 2. The highest BCUT2D eigenvalue weighted by Gasteiger charge is 2.23. The van der Waals surface area contributed by atoms with E-state index in [-0.39, 0.29) is 12.5 Å². The first kappa shape index (κ1) is 15.3. The summed E-state index contributed by atoms with van der Waals surface area (Å²) in [6, 6.07) is 0. The third-order valence-corrected chi connectivity index (χ3v) is 4.58. The van der Waals surface area contributed by atoms with Crippen molar-refractivity contribution in [2.24, 2.45) is 5.92 Å². The van der Waals surface area contributed by atoms with Gasteiger partial charge in [-0.2, -0.15) is 0 Å². The van der Waals surface area contributed by atoms with Crippen LogP contribution in [0.1, 0.15) is 44.9 Å². The van der Waals surface area contributed by atoms with Crippen LogP contribution in [-0.2, 0) is 9.59 Å². The first-order valence-corrected chi connectivity index (χ1v) is 7.87. The summed E-state index contributed by atoms with van der Waals surface area (Å²) in [6.07, 6.45) is 8.30. The summed E-state index contributed by atoms with van der Waals surface area (Å²) in [5, 5.41) is 8.75. The van der Waals surface area contributed by atoms with E-state index in [0.29, 0.717) is 32.6 Å². The molecule has 1 N–H and O–H groups in total. The largest absolute Gasteiger partial charge is 0.480 e. The number of hydrogen-bond donors (Lipinski definition) is 1. The number of amides is 1. The van der Waals surface area contributed by atoms with E-state index in [2.05, 4.69) is 0 Å². The molecule has 2 fully saturated rings. The Morgan fingerprint density at radius 1 is 1.00 bits per heavy atom. The Bertz CT molecular complexity index is 332. The molecule has 1 aliphatic carbocycles. The van der Waals surface area contributed by atoms with Gasteiger partial charge in [-0.3, -0.25) is 14.5 Å². The van der Waals surface area contributed by atoms with Crippen LogP contribution in [-0.4, -0.2) is 59.5 Å². The summed E-state index contributed by atoms with van der Waals surface area (Å²) in [6.45, 7) is 2.81. The monoisotopic (exact) mass is 282 g/mol. The third-order valence-electron chi connectivity index (χ3n) is 4.58. The highest BCUT2D eigenvalue weighted by Crippen LogP contribution is 2.27. The standard InChI is InChI=1S/C15H26N2O3/c18-14(7-6-13-4-2-1-3-5-13)17-10-8-16(9-11-17)12-15(19)20/h13H,1-12H2,(H,19,20). The van der Waals surface area contributed by atoms with Crippen molar-refractivity contribution in [2.45, 2.75) is 44.9 Å². The van der Waals surface area contributed by atoms with Crippen molar-refractivity contribution in [3.05, 3.63) is 0 Å². The second kappa shape index (κ2) is 7.62. The SMILES string of the molecule is O=C(O)CN1CCN(C(=O)CCC2CCCCC2)CC1. The average molecular weight is 282 g/mol. The Labute approximate surface area is 120 Å². The quantitative estimate of drug-likeness (QED) is 0.831. The molecule has 0 bridgehead atoms. The summed E-state index contributed by atoms with van der Waals surface area (Å²) >= 11 is 0. The van der Waals surface area contributed by atoms with Crippen molar-refractivity contribution in [3.8, 4) is 0 Å². The van der Waals surface area contributed by atoms with Gasteiger partial charge < -0.3 is 10.0 Å². The van der Waals surface area contributed by atoms with E-state index in [0.717, 1.165) is 12.3 Å². The Kier molecular flexibility index (Phi) is 5.83. The molecule has 1 saturated heterocycles. The predicted molar refractivity (Wildman–Crippen MR) is 76.5 cm³/mol. The van der Waals surface area contributed by atoms with Gasteiger partial charge in [-0.1, -0.05) is 32.1 Å². The van der Waals surface area contributed by atoms with E-state index in [1.54, 1.807) is 0 Å². The highest BCUT2D eigenvalue weighted by atomic mass is 16.4. The molecule has 1 heterocycles. The molecule has 5 nitrogen and oxygen atoms in total. The maximum absolute atomic E-state index is 12.2. The van der Waals surface area contributed by atoms with Gasteiger partial charge in [-0.15, -0.1) is 0 Å². The zero-order valence-corrected chi connectivity index (χ0v) is 12.2. The van der Waals surface area contributed by atoms with Crippen molar-refractivity contribution in [1.29, 1.82) is 0 Å². The van der Waals surface area contributed by atoms with E-state index >= 15 is 0 Å². The fourth-order valence-electron chi connectivity index (χ4n) is 3.31. The van der Waals surface area contributed by atoms with Crippen LogP contribution < -0.4 is 0 Å². The van der Waals surface area contributed by atoms with Gasteiger partial charge in [0.1, 0.15) is 0 Å². The summed E-state index contributed by atoms with van der Waals surface area (Å²) < 4.78 is 0. The van der Waals surface area contributed by atoms with Crippen LogP contribution in [0, 0.1) is 5.92 Å². The molecule has 0 aromatic carbocycles. The van der Waals surface area contributed by atoms with Crippen LogP contribution in [0.2, 0.25) is 0 Å². The highest BCUT2D eigenvalue weighted by molar-refractivity contribution is 5.76. The van der Waals surface area contributed by atoms with E-state index in [9.17, 15) is 9.59 Å². The zero-order chi connectivity index (χ0) is 14.4. The van der Waals surface area contributed by atoms with Gasteiger partial charge in [0, 0.05) is 32.6 Å².